The molecule has 0 aliphatic carbocycles. The molecule has 5 rings (SSSR count). The number of imidazole rings is 1. The number of rotatable bonds is 4. The minimum Gasteiger partial charge on any atom is -0.378 e. The summed E-state index contributed by atoms with van der Waals surface area (Å²) in [6.45, 7) is 12.6. The van der Waals surface area contributed by atoms with Gasteiger partial charge < -0.3 is 19.4 Å². The van der Waals surface area contributed by atoms with Crippen molar-refractivity contribution in [2.75, 3.05) is 36.5 Å². The third-order valence-electron chi connectivity index (χ3n) is 6.44. The standard InChI is InChI=1S/C26H29FIN7O2/c1-15-12-29-24-21(33-6-8-37-9-7-33)10-17(14-34(15)24)18-11-20(22(27)31-16(18)2)32-25(36)19-13-30-35(23(19)28)26(3,4)5/h10-14H,6-9H2,1-5H3,(H,32,36). The molecule has 0 spiro atoms. The fourth-order valence-corrected chi connectivity index (χ4v) is 5.70. The molecule has 0 radical (unpaired) electrons. The van der Waals surface area contributed by atoms with Crippen LogP contribution in [0.3, 0.4) is 0 Å². The van der Waals surface area contributed by atoms with Gasteiger partial charge in [-0.15, -0.1) is 0 Å². The highest BCUT2D eigenvalue weighted by molar-refractivity contribution is 14.1. The number of aromatic nitrogens is 5. The molecule has 9 nitrogen and oxygen atoms in total. The predicted molar refractivity (Wildman–Crippen MR) is 149 cm³/mol. The van der Waals surface area contributed by atoms with Crippen LogP contribution in [0.1, 0.15) is 42.5 Å². The lowest BCUT2D eigenvalue weighted by atomic mass is 10.0. The molecule has 1 aliphatic heterocycles. The molecule has 194 valence electrons. The lowest BCUT2D eigenvalue weighted by Crippen LogP contribution is -2.36. The normalized spacial score (nSPS) is 14.4. The molecular weight excluding hydrogens is 588 g/mol. The van der Waals surface area contributed by atoms with Gasteiger partial charge in [-0.3, -0.25) is 9.48 Å². The van der Waals surface area contributed by atoms with Crippen LogP contribution in [-0.2, 0) is 10.3 Å². The Morgan fingerprint density at radius 3 is 2.57 bits per heavy atom. The third-order valence-corrected chi connectivity index (χ3v) is 7.48. The van der Waals surface area contributed by atoms with Crippen LogP contribution in [0.25, 0.3) is 16.8 Å². The van der Waals surface area contributed by atoms with Gasteiger partial charge in [0.1, 0.15) is 3.70 Å². The Morgan fingerprint density at radius 1 is 1.16 bits per heavy atom. The summed E-state index contributed by atoms with van der Waals surface area (Å²) in [4.78, 5) is 24.1. The predicted octanol–water partition coefficient (Wildman–Crippen LogP) is 4.80. The monoisotopic (exact) mass is 617 g/mol. The molecule has 11 heteroatoms. The highest BCUT2D eigenvalue weighted by Crippen LogP contribution is 2.33. The number of carbonyl (C=O) groups is 1. The number of nitrogens with one attached hydrogen (secondary N) is 1. The van der Waals surface area contributed by atoms with E-state index in [4.69, 9.17) is 4.74 Å². The summed E-state index contributed by atoms with van der Waals surface area (Å²) in [5, 5.41) is 7.06. The fraction of sp³-hybridized carbons (Fsp3) is 0.385. The van der Waals surface area contributed by atoms with Gasteiger partial charge in [0.15, 0.2) is 5.65 Å². The number of aryl methyl sites for hydroxylation is 2. The summed E-state index contributed by atoms with van der Waals surface area (Å²) >= 11 is 2.09. The van der Waals surface area contributed by atoms with Crippen molar-refractivity contribution in [1.29, 1.82) is 0 Å². The van der Waals surface area contributed by atoms with Crippen LogP contribution in [0.5, 0.6) is 0 Å². The van der Waals surface area contributed by atoms with Crippen LogP contribution in [0, 0.1) is 23.5 Å². The molecule has 0 bridgehead atoms. The number of morpholine rings is 1. The second-order valence-electron chi connectivity index (χ2n) is 10.2. The Morgan fingerprint density at radius 2 is 1.89 bits per heavy atom. The largest absolute Gasteiger partial charge is 0.378 e. The number of pyridine rings is 2. The van der Waals surface area contributed by atoms with Crippen molar-refractivity contribution in [3.63, 3.8) is 0 Å². The number of fused-ring (bicyclic) bond motifs is 1. The summed E-state index contributed by atoms with van der Waals surface area (Å²) < 4.78 is 25.0. The Hall–Kier alpha value is -3.06. The van der Waals surface area contributed by atoms with E-state index in [9.17, 15) is 9.18 Å². The molecule has 5 heterocycles. The van der Waals surface area contributed by atoms with E-state index in [1.807, 2.05) is 44.5 Å². The van der Waals surface area contributed by atoms with Gasteiger partial charge in [-0.05, 0) is 69.3 Å². The molecule has 0 atom stereocenters. The van der Waals surface area contributed by atoms with Crippen LogP contribution < -0.4 is 10.2 Å². The molecule has 1 saturated heterocycles. The van der Waals surface area contributed by atoms with E-state index in [2.05, 4.69) is 53.9 Å². The molecule has 0 aromatic carbocycles. The lowest BCUT2D eigenvalue weighted by Gasteiger charge is -2.29. The van der Waals surface area contributed by atoms with Crippen molar-refractivity contribution in [2.24, 2.45) is 0 Å². The fourth-order valence-electron chi connectivity index (χ4n) is 4.47. The first-order chi connectivity index (χ1) is 17.5. The van der Waals surface area contributed by atoms with Crippen LogP contribution in [0.4, 0.5) is 15.8 Å². The molecule has 0 saturated carbocycles. The van der Waals surface area contributed by atoms with Gasteiger partial charge in [0.05, 0.1) is 41.9 Å². The van der Waals surface area contributed by atoms with E-state index in [0.29, 0.717) is 28.2 Å². The maximum atomic E-state index is 15.0. The molecule has 4 aromatic rings. The lowest BCUT2D eigenvalue weighted by molar-refractivity contribution is 0.102. The Kier molecular flexibility index (Phi) is 6.69. The van der Waals surface area contributed by atoms with Gasteiger partial charge in [0, 0.05) is 48.0 Å². The van der Waals surface area contributed by atoms with E-state index in [1.54, 1.807) is 17.7 Å². The maximum absolute atomic E-state index is 15.0. The van der Waals surface area contributed by atoms with Crippen molar-refractivity contribution in [3.05, 3.63) is 57.3 Å². The highest BCUT2D eigenvalue weighted by atomic mass is 127. The van der Waals surface area contributed by atoms with Gasteiger partial charge in [-0.25, -0.2) is 9.97 Å². The molecule has 1 aliphatic rings. The molecule has 1 amide bonds. The number of nitrogens with zero attached hydrogens (tertiary/aromatic N) is 6. The molecule has 4 aromatic heterocycles. The highest BCUT2D eigenvalue weighted by Gasteiger charge is 2.24. The van der Waals surface area contributed by atoms with Crippen molar-refractivity contribution < 1.29 is 13.9 Å². The van der Waals surface area contributed by atoms with Crippen molar-refractivity contribution in [2.45, 2.75) is 40.2 Å². The van der Waals surface area contributed by atoms with Gasteiger partial charge in [0.25, 0.3) is 5.91 Å². The average Bonchev–Trinajstić information content (AvgIpc) is 3.43. The van der Waals surface area contributed by atoms with Gasteiger partial charge in [-0.2, -0.15) is 9.49 Å². The first-order valence-corrected chi connectivity index (χ1v) is 13.2. The van der Waals surface area contributed by atoms with Crippen LogP contribution >= 0.6 is 22.6 Å². The summed E-state index contributed by atoms with van der Waals surface area (Å²) in [5.74, 6) is -1.17. The summed E-state index contributed by atoms with van der Waals surface area (Å²) in [5.41, 5.74) is 5.02. The number of hydrogen-bond donors (Lipinski definition) is 1. The molecular formula is C26H29FIN7O2. The molecule has 37 heavy (non-hydrogen) atoms. The van der Waals surface area contributed by atoms with E-state index >= 15 is 0 Å². The van der Waals surface area contributed by atoms with E-state index in [1.165, 1.54) is 6.20 Å². The van der Waals surface area contributed by atoms with Crippen molar-refractivity contribution in [1.82, 2.24) is 24.1 Å². The number of halogens is 2. The maximum Gasteiger partial charge on any atom is 0.260 e. The van der Waals surface area contributed by atoms with Crippen LogP contribution in [-0.4, -0.2) is 56.4 Å². The Balaban J connectivity index is 1.55. The first-order valence-electron chi connectivity index (χ1n) is 12.1. The number of ether oxygens (including phenoxy) is 1. The topological polar surface area (TPSA) is 89.6 Å². The molecule has 1 N–H and O–H groups in total. The van der Waals surface area contributed by atoms with E-state index in [-0.39, 0.29) is 11.2 Å². The minimum absolute atomic E-state index is 0.0141. The zero-order valence-corrected chi connectivity index (χ0v) is 23.6. The van der Waals surface area contributed by atoms with E-state index < -0.39 is 11.9 Å². The number of amides is 1. The average molecular weight is 617 g/mol. The third kappa shape index (κ3) is 4.81. The van der Waals surface area contributed by atoms with Gasteiger partial charge in [-0.1, -0.05) is 0 Å². The Labute approximate surface area is 228 Å². The molecule has 0 unspecified atom stereocenters. The van der Waals surface area contributed by atoms with Crippen LogP contribution in [0.2, 0.25) is 0 Å². The number of carbonyl (C=O) groups excluding carboxylic acids is 1. The first kappa shape index (κ1) is 25.6. The van der Waals surface area contributed by atoms with E-state index in [0.717, 1.165) is 41.2 Å². The second kappa shape index (κ2) is 9.67. The smallest absolute Gasteiger partial charge is 0.260 e. The quantitative estimate of drug-likeness (QED) is 0.262. The van der Waals surface area contributed by atoms with Crippen molar-refractivity contribution >= 4 is 45.5 Å². The van der Waals surface area contributed by atoms with Crippen LogP contribution in [0.15, 0.2) is 30.7 Å². The summed E-state index contributed by atoms with van der Waals surface area (Å²) in [7, 11) is 0. The zero-order valence-electron chi connectivity index (χ0n) is 21.5. The summed E-state index contributed by atoms with van der Waals surface area (Å²) in [6.07, 6.45) is 5.32. The SMILES string of the molecule is Cc1nc(F)c(NC(=O)c2cnn(C(C)(C)C)c2I)cc1-c1cc(N2CCOCC2)c2ncc(C)n2c1. The second-order valence-corrected chi connectivity index (χ2v) is 11.2. The number of anilines is 2. The summed E-state index contributed by atoms with van der Waals surface area (Å²) in [6, 6.07) is 3.70. The number of hydrogen-bond acceptors (Lipinski definition) is 6. The molecule has 1 fully saturated rings. The van der Waals surface area contributed by atoms with Gasteiger partial charge in [0.2, 0.25) is 5.95 Å². The zero-order chi connectivity index (χ0) is 26.5. The van der Waals surface area contributed by atoms with Crippen molar-refractivity contribution in [3.8, 4) is 11.1 Å². The van der Waals surface area contributed by atoms with Gasteiger partial charge >= 0.3 is 0 Å². The minimum atomic E-state index is -0.735. The Bertz CT molecular complexity index is 1500.